The lowest BCUT2D eigenvalue weighted by molar-refractivity contribution is -0.137. The average Bonchev–Trinajstić information content (AvgIpc) is 3.36. The van der Waals surface area contributed by atoms with Crippen LogP contribution in [0.1, 0.15) is 39.9 Å². The summed E-state index contributed by atoms with van der Waals surface area (Å²) in [5.41, 5.74) is 1.12. The minimum Gasteiger partial charge on any atom is -0.356 e. The van der Waals surface area contributed by atoms with Crippen molar-refractivity contribution < 1.29 is 18.0 Å². The number of alkyl halides is 3. The fourth-order valence-electron chi connectivity index (χ4n) is 3.71. The zero-order valence-corrected chi connectivity index (χ0v) is 19.0. The number of aromatic nitrogens is 2. The van der Waals surface area contributed by atoms with Gasteiger partial charge < -0.3 is 15.5 Å². The van der Waals surface area contributed by atoms with E-state index in [-0.39, 0.29) is 12.5 Å². The lowest BCUT2D eigenvalue weighted by atomic mass is 10.1. The summed E-state index contributed by atoms with van der Waals surface area (Å²) in [5.74, 6) is 0.537. The Morgan fingerprint density at radius 1 is 1.03 bits per heavy atom. The molecule has 2 N–H and O–H groups in total. The van der Waals surface area contributed by atoms with Crippen molar-refractivity contribution >= 4 is 29.3 Å². The number of hydrogen-bond acceptors (Lipinski definition) is 5. The van der Waals surface area contributed by atoms with Crippen LogP contribution in [0.3, 0.4) is 0 Å². The van der Waals surface area contributed by atoms with Gasteiger partial charge in [-0.05, 0) is 48.2 Å². The second-order valence-corrected chi connectivity index (χ2v) is 8.42. The molecule has 1 aromatic heterocycles. The molecule has 3 aromatic rings. The molecule has 0 aliphatic carbocycles. The highest BCUT2D eigenvalue weighted by atomic mass is 35.5. The first-order valence-corrected chi connectivity index (χ1v) is 11.2. The van der Waals surface area contributed by atoms with Crippen LogP contribution >= 0.6 is 11.6 Å². The summed E-state index contributed by atoms with van der Waals surface area (Å²) in [7, 11) is 0. The molecule has 178 valence electrons. The lowest BCUT2D eigenvalue weighted by Crippen LogP contribution is -2.28. The monoisotopic (exact) mass is 489 g/mol. The van der Waals surface area contributed by atoms with E-state index in [4.69, 9.17) is 11.6 Å². The third-order valence-corrected chi connectivity index (χ3v) is 5.73. The summed E-state index contributed by atoms with van der Waals surface area (Å²) in [6, 6.07) is 12.1. The fraction of sp³-hybridized carbons (Fsp3) is 0.292. The van der Waals surface area contributed by atoms with E-state index < -0.39 is 11.7 Å². The minimum atomic E-state index is -4.40. The van der Waals surface area contributed by atoms with E-state index >= 15 is 0 Å². The van der Waals surface area contributed by atoms with Gasteiger partial charge in [-0.25, -0.2) is 4.98 Å². The summed E-state index contributed by atoms with van der Waals surface area (Å²) < 4.78 is 38.2. The standard InChI is InChI=1S/C24H23ClF3N5O/c25-19-5-3-4-17(12-19)14-30-23-31-15-20(21(32-23)33-10-1-2-11-33)22(34)29-13-16-6-8-18(9-7-16)24(26,27)28/h3-9,12,15H,1-2,10-11,13-14H2,(H,29,34)(H,30,31,32). The number of hydrogen-bond donors (Lipinski definition) is 2. The van der Waals surface area contributed by atoms with Gasteiger partial charge in [0.15, 0.2) is 0 Å². The summed E-state index contributed by atoms with van der Waals surface area (Å²) >= 11 is 6.04. The number of nitrogens with one attached hydrogen (secondary N) is 2. The Balaban J connectivity index is 1.46. The van der Waals surface area contributed by atoms with Crippen molar-refractivity contribution in [3.8, 4) is 0 Å². The number of amides is 1. The number of anilines is 2. The Hall–Kier alpha value is -3.33. The SMILES string of the molecule is O=C(NCc1ccc(C(F)(F)F)cc1)c1cnc(NCc2cccc(Cl)c2)nc1N1CCCC1. The van der Waals surface area contributed by atoms with E-state index in [0.717, 1.165) is 43.6 Å². The van der Waals surface area contributed by atoms with Crippen molar-refractivity contribution in [3.05, 3.63) is 82.0 Å². The summed E-state index contributed by atoms with van der Waals surface area (Å²) in [5, 5.41) is 6.56. The maximum Gasteiger partial charge on any atom is 0.416 e. The summed E-state index contributed by atoms with van der Waals surface area (Å²) in [4.78, 5) is 23.8. The molecule has 1 aliphatic rings. The molecular weight excluding hydrogens is 467 g/mol. The van der Waals surface area contributed by atoms with Crippen LogP contribution in [0, 0.1) is 0 Å². The fourth-order valence-corrected chi connectivity index (χ4v) is 3.92. The Kier molecular flexibility index (Phi) is 7.21. The molecule has 0 saturated carbocycles. The second kappa shape index (κ2) is 10.3. The van der Waals surface area contributed by atoms with Crippen LogP contribution in [-0.2, 0) is 19.3 Å². The maximum absolute atomic E-state index is 12.9. The third-order valence-electron chi connectivity index (χ3n) is 5.49. The van der Waals surface area contributed by atoms with Crippen molar-refractivity contribution in [2.24, 2.45) is 0 Å². The van der Waals surface area contributed by atoms with Crippen molar-refractivity contribution in [1.82, 2.24) is 15.3 Å². The van der Waals surface area contributed by atoms with Crippen LogP contribution in [0.25, 0.3) is 0 Å². The third kappa shape index (κ3) is 5.96. The molecule has 2 heterocycles. The zero-order valence-electron chi connectivity index (χ0n) is 18.2. The van der Waals surface area contributed by atoms with Crippen LogP contribution in [0.15, 0.2) is 54.7 Å². The van der Waals surface area contributed by atoms with Gasteiger partial charge in [0.1, 0.15) is 11.4 Å². The van der Waals surface area contributed by atoms with Gasteiger partial charge in [-0.1, -0.05) is 35.9 Å². The molecule has 0 atom stereocenters. The van der Waals surface area contributed by atoms with Crippen molar-refractivity contribution in [1.29, 1.82) is 0 Å². The van der Waals surface area contributed by atoms with Gasteiger partial charge in [-0.2, -0.15) is 18.2 Å². The molecule has 1 amide bonds. The number of nitrogens with zero attached hydrogens (tertiary/aromatic N) is 3. The molecular formula is C24H23ClF3N5O. The first-order chi connectivity index (χ1) is 16.3. The highest BCUT2D eigenvalue weighted by molar-refractivity contribution is 6.30. The molecule has 1 aliphatic heterocycles. The van der Waals surface area contributed by atoms with Crippen LogP contribution in [0.2, 0.25) is 5.02 Å². The Labute approximate surface area is 200 Å². The quantitative estimate of drug-likeness (QED) is 0.472. The molecule has 34 heavy (non-hydrogen) atoms. The average molecular weight is 490 g/mol. The van der Waals surface area contributed by atoms with E-state index in [0.29, 0.717) is 34.5 Å². The summed E-state index contributed by atoms with van der Waals surface area (Å²) in [6.45, 7) is 2.12. The highest BCUT2D eigenvalue weighted by Gasteiger charge is 2.30. The number of carbonyl (C=O) groups excluding carboxylic acids is 1. The second-order valence-electron chi connectivity index (χ2n) is 7.99. The van der Waals surface area contributed by atoms with Gasteiger partial charge in [0.2, 0.25) is 5.95 Å². The van der Waals surface area contributed by atoms with Gasteiger partial charge in [-0.3, -0.25) is 4.79 Å². The molecule has 10 heteroatoms. The van der Waals surface area contributed by atoms with E-state index in [1.807, 2.05) is 23.1 Å². The topological polar surface area (TPSA) is 70.1 Å². The van der Waals surface area contributed by atoms with E-state index in [2.05, 4.69) is 20.6 Å². The lowest BCUT2D eigenvalue weighted by Gasteiger charge is -2.20. The number of halogens is 4. The van der Waals surface area contributed by atoms with Crippen LogP contribution in [0.4, 0.5) is 24.9 Å². The van der Waals surface area contributed by atoms with E-state index in [1.165, 1.54) is 18.3 Å². The summed E-state index contributed by atoms with van der Waals surface area (Å²) in [6.07, 6.45) is -0.918. The van der Waals surface area contributed by atoms with Crippen molar-refractivity contribution in [3.63, 3.8) is 0 Å². The Morgan fingerprint density at radius 3 is 2.44 bits per heavy atom. The first-order valence-electron chi connectivity index (χ1n) is 10.8. The van der Waals surface area contributed by atoms with Gasteiger partial charge >= 0.3 is 6.18 Å². The molecule has 0 bridgehead atoms. The molecule has 1 fully saturated rings. The zero-order chi connectivity index (χ0) is 24.1. The number of benzene rings is 2. The smallest absolute Gasteiger partial charge is 0.356 e. The van der Waals surface area contributed by atoms with Crippen LogP contribution < -0.4 is 15.5 Å². The maximum atomic E-state index is 12.9. The van der Waals surface area contributed by atoms with E-state index in [1.54, 1.807) is 6.07 Å². The molecule has 4 rings (SSSR count). The highest BCUT2D eigenvalue weighted by Crippen LogP contribution is 2.29. The van der Waals surface area contributed by atoms with Crippen LogP contribution in [-0.4, -0.2) is 29.0 Å². The van der Waals surface area contributed by atoms with Crippen LogP contribution in [0.5, 0.6) is 0 Å². The Morgan fingerprint density at radius 2 is 1.76 bits per heavy atom. The van der Waals surface area contributed by atoms with E-state index in [9.17, 15) is 18.0 Å². The molecule has 0 unspecified atom stereocenters. The minimum absolute atomic E-state index is 0.0885. The first kappa shape index (κ1) is 23.8. The van der Waals surface area contributed by atoms with Crippen molar-refractivity contribution in [2.75, 3.05) is 23.3 Å². The van der Waals surface area contributed by atoms with Gasteiger partial charge in [0.05, 0.1) is 5.56 Å². The van der Waals surface area contributed by atoms with Crippen molar-refractivity contribution in [2.45, 2.75) is 32.1 Å². The Bertz CT molecular complexity index is 1150. The van der Waals surface area contributed by atoms with Gasteiger partial charge in [-0.15, -0.1) is 0 Å². The predicted octanol–water partition coefficient (Wildman–Crippen LogP) is 5.29. The molecule has 1 saturated heterocycles. The molecule has 0 radical (unpaired) electrons. The predicted molar refractivity (Wildman–Crippen MR) is 125 cm³/mol. The number of carbonyl (C=O) groups is 1. The molecule has 6 nitrogen and oxygen atoms in total. The largest absolute Gasteiger partial charge is 0.416 e. The van der Waals surface area contributed by atoms with Gasteiger partial charge in [0, 0.05) is 37.4 Å². The molecule has 2 aromatic carbocycles. The molecule has 0 spiro atoms. The van der Waals surface area contributed by atoms with Gasteiger partial charge in [0.25, 0.3) is 5.91 Å². The number of rotatable bonds is 7. The normalized spacial score (nSPS) is 13.7.